The SMILES string of the molecule is CCCCCCC=CF. The van der Waals surface area contributed by atoms with E-state index < -0.39 is 0 Å². The Labute approximate surface area is 56.8 Å². The molecule has 0 aliphatic heterocycles. The first-order chi connectivity index (χ1) is 4.41. The van der Waals surface area contributed by atoms with E-state index in [1.807, 2.05) is 0 Å². The second-order valence-corrected chi connectivity index (χ2v) is 2.21. The summed E-state index contributed by atoms with van der Waals surface area (Å²) < 4.78 is 11.3. The Balaban J connectivity index is 2.75. The van der Waals surface area contributed by atoms with Crippen LogP contribution in [0.4, 0.5) is 4.39 Å². The molecule has 0 N–H and O–H groups in total. The summed E-state index contributed by atoms with van der Waals surface area (Å²) in [4.78, 5) is 0. The highest BCUT2D eigenvalue weighted by Crippen LogP contribution is 2.02. The minimum atomic E-state index is 0.631. The first-order valence-corrected chi connectivity index (χ1v) is 3.67. The normalized spacial score (nSPS) is 10.9. The van der Waals surface area contributed by atoms with E-state index in [1.54, 1.807) is 6.08 Å². The lowest BCUT2D eigenvalue weighted by molar-refractivity contribution is 0.662. The lowest BCUT2D eigenvalue weighted by Gasteiger charge is -1.91. The van der Waals surface area contributed by atoms with E-state index in [9.17, 15) is 4.39 Å². The third-order valence-corrected chi connectivity index (χ3v) is 1.31. The summed E-state index contributed by atoms with van der Waals surface area (Å²) in [5.41, 5.74) is 0. The minimum absolute atomic E-state index is 0.631. The number of unbranched alkanes of at least 4 members (excludes halogenated alkanes) is 4. The van der Waals surface area contributed by atoms with Gasteiger partial charge in [0.2, 0.25) is 0 Å². The van der Waals surface area contributed by atoms with Crippen LogP contribution in [0.5, 0.6) is 0 Å². The van der Waals surface area contributed by atoms with Crippen LogP contribution in [0.15, 0.2) is 12.4 Å². The van der Waals surface area contributed by atoms with Crippen LogP contribution < -0.4 is 0 Å². The van der Waals surface area contributed by atoms with Gasteiger partial charge in [0.05, 0.1) is 6.33 Å². The maximum absolute atomic E-state index is 11.3. The van der Waals surface area contributed by atoms with Crippen LogP contribution in [-0.2, 0) is 0 Å². The van der Waals surface area contributed by atoms with Crippen LogP contribution in [0.3, 0.4) is 0 Å². The van der Waals surface area contributed by atoms with Crippen molar-refractivity contribution in [2.45, 2.75) is 39.0 Å². The molecule has 0 heterocycles. The van der Waals surface area contributed by atoms with E-state index >= 15 is 0 Å². The summed E-state index contributed by atoms with van der Waals surface area (Å²) in [6.45, 7) is 2.17. The van der Waals surface area contributed by atoms with Gasteiger partial charge in [-0.1, -0.05) is 32.3 Å². The van der Waals surface area contributed by atoms with E-state index in [2.05, 4.69) is 6.92 Å². The molecule has 0 atom stereocenters. The van der Waals surface area contributed by atoms with E-state index in [0.29, 0.717) is 6.33 Å². The van der Waals surface area contributed by atoms with Crippen molar-refractivity contribution in [3.8, 4) is 0 Å². The van der Waals surface area contributed by atoms with Gasteiger partial charge in [-0.15, -0.1) is 0 Å². The van der Waals surface area contributed by atoms with Crippen LogP contribution in [0.2, 0.25) is 0 Å². The third kappa shape index (κ3) is 7.67. The lowest BCUT2D eigenvalue weighted by atomic mass is 10.2. The summed E-state index contributed by atoms with van der Waals surface area (Å²) in [5.74, 6) is 0. The second-order valence-electron chi connectivity index (χ2n) is 2.21. The Morgan fingerprint density at radius 3 is 2.56 bits per heavy atom. The van der Waals surface area contributed by atoms with E-state index in [1.165, 1.54) is 19.3 Å². The summed E-state index contributed by atoms with van der Waals surface area (Å²) in [6, 6.07) is 0. The average Bonchev–Trinajstić information content (AvgIpc) is 1.89. The molecule has 0 unspecified atom stereocenters. The predicted molar refractivity (Wildman–Crippen MR) is 39.0 cm³/mol. The fraction of sp³-hybridized carbons (Fsp3) is 0.750. The molecule has 0 aromatic rings. The summed E-state index contributed by atoms with van der Waals surface area (Å²) in [6.07, 6.45) is 8.01. The number of halogens is 1. The summed E-state index contributed by atoms with van der Waals surface area (Å²) in [5, 5.41) is 0. The third-order valence-electron chi connectivity index (χ3n) is 1.31. The lowest BCUT2D eigenvalue weighted by Crippen LogP contribution is -1.72. The van der Waals surface area contributed by atoms with Gasteiger partial charge < -0.3 is 0 Å². The van der Waals surface area contributed by atoms with E-state index in [4.69, 9.17) is 0 Å². The standard InChI is InChI=1S/C8H15F/c1-2-3-4-5-6-7-8-9/h7-8H,2-6H2,1H3. The Morgan fingerprint density at radius 1 is 1.22 bits per heavy atom. The highest BCUT2D eigenvalue weighted by atomic mass is 19.1. The molecule has 0 aromatic carbocycles. The van der Waals surface area contributed by atoms with Gasteiger partial charge in [0.1, 0.15) is 0 Å². The zero-order chi connectivity index (χ0) is 6.95. The largest absolute Gasteiger partial charge is 0.216 e. The molecule has 0 radical (unpaired) electrons. The van der Waals surface area contributed by atoms with Gasteiger partial charge >= 0.3 is 0 Å². The van der Waals surface area contributed by atoms with Gasteiger partial charge in [0.15, 0.2) is 0 Å². The smallest absolute Gasteiger partial charge is 0.0827 e. The first-order valence-electron chi connectivity index (χ1n) is 3.67. The molecule has 0 aliphatic rings. The zero-order valence-corrected chi connectivity index (χ0v) is 6.07. The van der Waals surface area contributed by atoms with E-state index in [0.717, 1.165) is 12.8 Å². The van der Waals surface area contributed by atoms with Gasteiger partial charge in [-0.2, -0.15) is 0 Å². The average molecular weight is 130 g/mol. The number of rotatable bonds is 5. The summed E-state index contributed by atoms with van der Waals surface area (Å²) in [7, 11) is 0. The maximum atomic E-state index is 11.3. The van der Waals surface area contributed by atoms with Gasteiger partial charge in [0, 0.05) is 0 Å². The number of hydrogen-bond acceptors (Lipinski definition) is 0. The van der Waals surface area contributed by atoms with Gasteiger partial charge in [-0.05, 0) is 12.8 Å². The molecule has 54 valence electrons. The van der Waals surface area contributed by atoms with Crippen LogP contribution in [0.1, 0.15) is 39.0 Å². The molecule has 0 fully saturated rings. The van der Waals surface area contributed by atoms with Crippen molar-refractivity contribution < 1.29 is 4.39 Å². The Morgan fingerprint density at radius 2 is 2.00 bits per heavy atom. The Kier molecular flexibility index (Phi) is 7.39. The molecule has 0 rings (SSSR count). The topological polar surface area (TPSA) is 0 Å². The Hall–Kier alpha value is -0.330. The van der Waals surface area contributed by atoms with Crippen LogP contribution >= 0.6 is 0 Å². The quantitative estimate of drug-likeness (QED) is 0.500. The van der Waals surface area contributed by atoms with Crippen LogP contribution in [0, 0.1) is 0 Å². The number of hydrogen-bond donors (Lipinski definition) is 0. The molecule has 0 aliphatic carbocycles. The minimum Gasteiger partial charge on any atom is -0.216 e. The molecule has 0 saturated heterocycles. The first kappa shape index (κ1) is 8.67. The maximum Gasteiger partial charge on any atom is 0.0827 e. The Bertz CT molecular complexity index is 67.0. The van der Waals surface area contributed by atoms with Gasteiger partial charge in [-0.25, -0.2) is 4.39 Å². The molecule has 0 nitrogen and oxygen atoms in total. The van der Waals surface area contributed by atoms with Gasteiger partial charge in [-0.3, -0.25) is 0 Å². The fourth-order valence-corrected chi connectivity index (χ4v) is 0.752. The monoisotopic (exact) mass is 130 g/mol. The van der Waals surface area contributed by atoms with Crippen molar-refractivity contribution >= 4 is 0 Å². The molecule has 0 saturated carbocycles. The molecule has 0 aromatic heterocycles. The number of allylic oxidation sites excluding steroid dienone is 1. The van der Waals surface area contributed by atoms with Crippen molar-refractivity contribution in [1.29, 1.82) is 0 Å². The van der Waals surface area contributed by atoms with Crippen LogP contribution in [0.25, 0.3) is 0 Å². The molecular weight excluding hydrogens is 115 g/mol. The van der Waals surface area contributed by atoms with Crippen molar-refractivity contribution in [2.75, 3.05) is 0 Å². The molecule has 0 amide bonds. The summed E-state index contributed by atoms with van der Waals surface area (Å²) >= 11 is 0. The molecule has 1 heteroatoms. The van der Waals surface area contributed by atoms with Gasteiger partial charge in [0.25, 0.3) is 0 Å². The van der Waals surface area contributed by atoms with Crippen molar-refractivity contribution in [1.82, 2.24) is 0 Å². The van der Waals surface area contributed by atoms with E-state index in [-0.39, 0.29) is 0 Å². The van der Waals surface area contributed by atoms with Crippen molar-refractivity contribution in [3.05, 3.63) is 12.4 Å². The zero-order valence-electron chi connectivity index (χ0n) is 6.07. The van der Waals surface area contributed by atoms with Crippen molar-refractivity contribution in [3.63, 3.8) is 0 Å². The molecule has 0 spiro atoms. The molecule has 9 heavy (non-hydrogen) atoms. The molecule has 0 bridgehead atoms. The second kappa shape index (κ2) is 7.67. The predicted octanol–water partition coefficient (Wildman–Crippen LogP) is 3.44. The van der Waals surface area contributed by atoms with Crippen molar-refractivity contribution in [2.24, 2.45) is 0 Å². The van der Waals surface area contributed by atoms with Crippen LogP contribution in [-0.4, -0.2) is 0 Å². The highest BCUT2D eigenvalue weighted by Gasteiger charge is 1.82. The highest BCUT2D eigenvalue weighted by molar-refractivity contribution is 4.71. The fourth-order valence-electron chi connectivity index (χ4n) is 0.752. The molecular formula is C8H15F.